The van der Waals surface area contributed by atoms with E-state index >= 15 is 0 Å². The molecule has 0 spiro atoms. The van der Waals surface area contributed by atoms with Crippen molar-refractivity contribution in [2.24, 2.45) is 0 Å². The number of nitrogens with one attached hydrogen (secondary N) is 1. The van der Waals surface area contributed by atoms with E-state index in [9.17, 15) is 35.8 Å². The minimum absolute atomic E-state index is 0.0695. The highest BCUT2D eigenvalue weighted by Gasteiger charge is 2.21. The molecule has 3 rings (SSSR count). The molecule has 0 fully saturated rings. The average molecular weight is 452 g/mol. The van der Waals surface area contributed by atoms with Gasteiger partial charge < -0.3 is 16.2 Å². The van der Waals surface area contributed by atoms with Gasteiger partial charge in [0.25, 0.3) is 26.1 Å². The first-order chi connectivity index (χ1) is 13.8. The van der Waals surface area contributed by atoms with Crippen LogP contribution in [0.25, 0.3) is 10.8 Å². The number of phenolic OH excluding ortho intramolecular Hbond substituents is 1. The number of rotatable bonds is 4. The molecule has 0 saturated heterocycles. The van der Waals surface area contributed by atoms with E-state index in [1.807, 2.05) is 0 Å². The van der Waals surface area contributed by atoms with E-state index in [2.05, 4.69) is 5.32 Å². The molecule has 6 N–H and O–H groups in total. The van der Waals surface area contributed by atoms with Gasteiger partial charge in [0, 0.05) is 17.1 Å². The third kappa shape index (κ3) is 4.21. The van der Waals surface area contributed by atoms with Gasteiger partial charge in [0.2, 0.25) is 0 Å². The summed E-state index contributed by atoms with van der Waals surface area (Å²) in [5.41, 5.74) is 6.64. The third-order valence-electron chi connectivity index (χ3n) is 4.27. The van der Waals surface area contributed by atoms with Crippen LogP contribution in [0.2, 0.25) is 0 Å². The lowest BCUT2D eigenvalue weighted by Gasteiger charge is -2.14. The van der Waals surface area contributed by atoms with Crippen molar-refractivity contribution >= 4 is 48.3 Å². The summed E-state index contributed by atoms with van der Waals surface area (Å²) in [5, 5.41) is 12.4. The SMILES string of the molecule is Cc1ccc(C(=O)Nc2cc(S(=O)(=O)O)cc3cc(S(=O)(=O)O)cc(O)c23)c(N)c1. The molecule has 0 aliphatic heterocycles. The molecule has 0 atom stereocenters. The number of phenols is 1. The predicted octanol–water partition coefficient (Wildman–Crippen LogP) is 2.18. The van der Waals surface area contributed by atoms with Crippen LogP contribution in [0.1, 0.15) is 15.9 Å². The minimum Gasteiger partial charge on any atom is -0.507 e. The quantitative estimate of drug-likeness (QED) is 0.292. The van der Waals surface area contributed by atoms with Crippen molar-refractivity contribution in [2.45, 2.75) is 16.7 Å². The highest BCUT2D eigenvalue weighted by atomic mass is 32.2. The van der Waals surface area contributed by atoms with Crippen LogP contribution in [0.4, 0.5) is 11.4 Å². The molecule has 30 heavy (non-hydrogen) atoms. The third-order valence-corrected chi connectivity index (χ3v) is 5.93. The lowest BCUT2D eigenvalue weighted by molar-refractivity contribution is 0.102. The summed E-state index contributed by atoms with van der Waals surface area (Å²) in [6.45, 7) is 1.77. The Kier molecular flexibility index (Phi) is 5.20. The number of carbonyl (C=O) groups excluding carboxylic acids is 1. The number of aromatic hydroxyl groups is 1. The molecule has 0 bridgehead atoms. The standard InChI is InChI=1S/C18H16N2O8S2/c1-9-2-3-13(14(19)4-9)18(22)20-15-7-11(29(23,24)25)5-10-6-12(30(26,27)28)8-16(21)17(10)15/h2-8,21H,19H2,1H3,(H,20,22)(H,23,24,25)(H,26,27,28). The van der Waals surface area contributed by atoms with Crippen LogP contribution in [0.5, 0.6) is 5.75 Å². The summed E-state index contributed by atoms with van der Waals surface area (Å²) in [6.07, 6.45) is 0. The first-order valence-corrected chi connectivity index (χ1v) is 11.1. The molecule has 0 aliphatic rings. The predicted molar refractivity (Wildman–Crippen MR) is 109 cm³/mol. The van der Waals surface area contributed by atoms with Crippen molar-refractivity contribution in [3.05, 3.63) is 53.6 Å². The van der Waals surface area contributed by atoms with E-state index < -0.39 is 41.7 Å². The van der Waals surface area contributed by atoms with Crippen molar-refractivity contribution in [1.29, 1.82) is 0 Å². The van der Waals surface area contributed by atoms with E-state index in [1.54, 1.807) is 19.1 Å². The van der Waals surface area contributed by atoms with Gasteiger partial charge in [-0.2, -0.15) is 16.8 Å². The molecule has 0 unspecified atom stereocenters. The Balaban J connectivity index is 2.25. The first-order valence-electron chi connectivity index (χ1n) is 8.20. The topological polar surface area (TPSA) is 184 Å². The number of carbonyl (C=O) groups is 1. The Hall–Kier alpha value is -3.19. The molecular weight excluding hydrogens is 436 g/mol. The molecule has 0 saturated carbocycles. The van der Waals surface area contributed by atoms with Gasteiger partial charge in [0.15, 0.2) is 0 Å². The average Bonchev–Trinajstić information content (AvgIpc) is 2.59. The van der Waals surface area contributed by atoms with Gasteiger partial charge in [-0.05, 0) is 48.2 Å². The number of amides is 1. The zero-order valence-electron chi connectivity index (χ0n) is 15.3. The number of anilines is 2. The highest BCUT2D eigenvalue weighted by molar-refractivity contribution is 7.86. The number of hydrogen-bond acceptors (Lipinski definition) is 7. The Morgan fingerprint density at radius 1 is 0.933 bits per heavy atom. The van der Waals surface area contributed by atoms with Gasteiger partial charge in [0.05, 0.1) is 21.0 Å². The summed E-state index contributed by atoms with van der Waals surface area (Å²) in [4.78, 5) is 11.3. The maximum atomic E-state index is 12.7. The molecule has 3 aromatic rings. The minimum atomic E-state index is -4.76. The summed E-state index contributed by atoms with van der Waals surface area (Å²) in [6, 6.07) is 8.04. The lowest BCUT2D eigenvalue weighted by Crippen LogP contribution is -2.15. The van der Waals surface area contributed by atoms with E-state index in [0.717, 1.165) is 29.8 Å². The first kappa shape index (κ1) is 21.5. The molecule has 0 heterocycles. The largest absolute Gasteiger partial charge is 0.507 e. The molecule has 1 amide bonds. The zero-order chi connectivity index (χ0) is 22.4. The number of nitrogen functional groups attached to an aromatic ring is 1. The Morgan fingerprint density at radius 2 is 1.50 bits per heavy atom. The maximum absolute atomic E-state index is 12.7. The van der Waals surface area contributed by atoms with Crippen LogP contribution in [0.15, 0.2) is 52.3 Å². The van der Waals surface area contributed by atoms with Gasteiger partial charge >= 0.3 is 0 Å². The number of hydrogen-bond donors (Lipinski definition) is 5. The van der Waals surface area contributed by atoms with Crippen molar-refractivity contribution in [3.63, 3.8) is 0 Å². The summed E-state index contributed by atoms with van der Waals surface area (Å²) < 4.78 is 64.7. The van der Waals surface area contributed by atoms with Gasteiger partial charge in [-0.1, -0.05) is 6.07 Å². The number of aryl methyl sites for hydroxylation is 1. The smallest absolute Gasteiger partial charge is 0.294 e. The summed E-state index contributed by atoms with van der Waals surface area (Å²) >= 11 is 0. The summed E-state index contributed by atoms with van der Waals surface area (Å²) in [5.74, 6) is -1.39. The Morgan fingerprint density at radius 3 is 2.03 bits per heavy atom. The van der Waals surface area contributed by atoms with Crippen LogP contribution < -0.4 is 11.1 Å². The van der Waals surface area contributed by atoms with Gasteiger partial charge in [-0.25, -0.2) is 0 Å². The lowest BCUT2D eigenvalue weighted by atomic mass is 10.1. The monoisotopic (exact) mass is 452 g/mol. The maximum Gasteiger partial charge on any atom is 0.294 e. The van der Waals surface area contributed by atoms with Gasteiger partial charge in [0.1, 0.15) is 5.75 Å². The fraction of sp³-hybridized carbons (Fsp3) is 0.0556. The van der Waals surface area contributed by atoms with Crippen molar-refractivity contribution < 1.29 is 35.8 Å². The molecular formula is C18H16N2O8S2. The van der Waals surface area contributed by atoms with Gasteiger partial charge in [-0.3, -0.25) is 13.9 Å². The molecule has 12 heteroatoms. The molecule has 10 nitrogen and oxygen atoms in total. The zero-order valence-corrected chi connectivity index (χ0v) is 17.0. The van der Waals surface area contributed by atoms with Crippen molar-refractivity contribution in [3.8, 4) is 5.75 Å². The van der Waals surface area contributed by atoms with Crippen LogP contribution >= 0.6 is 0 Å². The molecule has 158 valence electrons. The molecule has 0 radical (unpaired) electrons. The fourth-order valence-electron chi connectivity index (χ4n) is 2.91. The van der Waals surface area contributed by atoms with E-state index in [4.69, 9.17) is 5.73 Å². The second-order valence-electron chi connectivity index (χ2n) is 6.51. The molecule has 0 aliphatic carbocycles. The number of fused-ring (bicyclic) bond motifs is 1. The fourth-order valence-corrected chi connectivity index (χ4v) is 3.99. The van der Waals surface area contributed by atoms with Crippen molar-refractivity contribution in [2.75, 3.05) is 11.1 Å². The van der Waals surface area contributed by atoms with Crippen LogP contribution in [-0.4, -0.2) is 37.0 Å². The van der Waals surface area contributed by atoms with Gasteiger partial charge in [-0.15, -0.1) is 0 Å². The second-order valence-corrected chi connectivity index (χ2v) is 9.35. The van der Waals surface area contributed by atoms with E-state index in [-0.39, 0.29) is 27.7 Å². The second kappa shape index (κ2) is 7.25. The van der Waals surface area contributed by atoms with Crippen LogP contribution in [-0.2, 0) is 20.2 Å². The molecule has 0 aromatic heterocycles. The highest BCUT2D eigenvalue weighted by Crippen LogP contribution is 2.37. The van der Waals surface area contributed by atoms with E-state index in [1.165, 1.54) is 6.07 Å². The van der Waals surface area contributed by atoms with Crippen LogP contribution in [0.3, 0.4) is 0 Å². The molecule has 3 aromatic carbocycles. The normalized spacial score (nSPS) is 12.1. The number of benzene rings is 3. The van der Waals surface area contributed by atoms with E-state index in [0.29, 0.717) is 0 Å². The van der Waals surface area contributed by atoms with Crippen LogP contribution in [0, 0.1) is 6.92 Å². The van der Waals surface area contributed by atoms with Crippen molar-refractivity contribution in [1.82, 2.24) is 0 Å². The Bertz CT molecular complexity index is 1410. The number of nitrogens with two attached hydrogens (primary N) is 1. The Labute approximate surface area is 171 Å². The summed E-state index contributed by atoms with van der Waals surface area (Å²) in [7, 11) is -9.49.